The van der Waals surface area contributed by atoms with Crippen molar-refractivity contribution in [2.75, 3.05) is 0 Å². The summed E-state index contributed by atoms with van der Waals surface area (Å²) in [5, 5.41) is 27.8. The minimum Gasteiger partial charge on any atom is -0.479 e. The second-order valence-corrected chi connectivity index (χ2v) is 6.51. The van der Waals surface area contributed by atoms with Crippen LogP contribution in [0.1, 0.15) is 22.3 Å². The molecule has 0 saturated heterocycles. The maximum atomic E-state index is 12.3. The van der Waals surface area contributed by atoms with Crippen molar-refractivity contribution < 1.29 is 19.8 Å². The van der Waals surface area contributed by atoms with E-state index in [-0.39, 0.29) is 12.3 Å². The van der Waals surface area contributed by atoms with E-state index in [1.54, 1.807) is 0 Å². The standard InChI is InChI=1S/C21H21N3O4/c25-19(21(27)28)11-18(24-20(26)17-12-22-23-13-17)10-14-6-8-16(9-7-14)15-4-2-1-3-5-15/h1-9,12-13,18-19,25H,10-11H2,(H,22,23)(H,24,26)(H,27,28)/t18?,19-/m1/s1. The van der Waals surface area contributed by atoms with E-state index in [0.717, 1.165) is 16.7 Å². The summed E-state index contributed by atoms with van der Waals surface area (Å²) in [5.74, 6) is -1.70. The summed E-state index contributed by atoms with van der Waals surface area (Å²) < 4.78 is 0. The summed E-state index contributed by atoms with van der Waals surface area (Å²) in [6.45, 7) is 0. The van der Waals surface area contributed by atoms with Gasteiger partial charge in [0.2, 0.25) is 0 Å². The number of H-pyrrole nitrogens is 1. The number of aromatic nitrogens is 2. The number of nitrogens with zero attached hydrogens (tertiary/aromatic N) is 1. The van der Waals surface area contributed by atoms with Crippen LogP contribution in [0.4, 0.5) is 0 Å². The van der Waals surface area contributed by atoms with E-state index in [9.17, 15) is 14.7 Å². The second-order valence-electron chi connectivity index (χ2n) is 6.51. The number of rotatable bonds is 8. The topological polar surface area (TPSA) is 115 Å². The van der Waals surface area contributed by atoms with Gasteiger partial charge in [0.1, 0.15) is 0 Å². The van der Waals surface area contributed by atoms with Gasteiger partial charge in [0.15, 0.2) is 6.10 Å². The molecule has 28 heavy (non-hydrogen) atoms. The Balaban J connectivity index is 1.72. The third-order valence-corrected chi connectivity index (χ3v) is 4.43. The van der Waals surface area contributed by atoms with E-state index in [1.807, 2.05) is 54.6 Å². The van der Waals surface area contributed by atoms with E-state index in [2.05, 4.69) is 15.5 Å². The fourth-order valence-electron chi connectivity index (χ4n) is 2.96. The predicted molar refractivity (Wildman–Crippen MR) is 104 cm³/mol. The zero-order valence-electron chi connectivity index (χ0n) is 15.1. The molecule has 3 aromatic rings. The van der Waals surface area contributed by atoms with Crippen LogP contribution in [0.3, 0.4) is 0 Å². The van der Waals surface area contributed by atoms with Crippen molar-refractivity contribution in [3.05, 3.63) is 78.1 Å². The Labute approximate surface area is 162 Å². The Morgan fingerprint density at radius 1 is 1.04 bits per heavy atom. The Morgan fingerprint density at radius 2 is 1.71 bits per heavy atom. The second kappa shape index (κ2) is 8.96. The van der Waals surface area contributed by atoms with Crippen LogP contribution in [-0.4, -0.2) is 44.4 Å². The van der Waals surface area contributed by atoms with Gasteiger partial charge in [-0.2, -0.15) is 5.10 Å². The van der Waals surface area contributed by atoms with Crippen LogP contribution in [0.25, 0.3) is 11.1 Å². The number of aromatic amines is 1. The van der Waals surface area contributed by atoms with Gasteiger partial charge in [0.25, 0.3) is 5.91 Å². The molecule has 7 heteroatoms. The van der Waals surface area contributed by atoms with Crippen molar-refractivity contribution in [1.29, 1.82) is 0 Å². The lowest BCUT2D eigenvalue weighted by Gasteiger charge is -2.20. The normalized spacial score (nSPS) is 12.9. The SMILES string of the molecule is O=C(NC(Cc1ccc(-c2ccccc2)cc1)C[C@@H](O)C(=O)O)c1cn[nH]c1. The summed E-state index contributed by atoms with van der Waals surface area (Å²) in [7, 11) is 0. The Kier molecular flexibility index (Phi) is 6.18. The summed E-state index contributed by atoms with van der Waals surface area (Å²) in [5.41, 5.74) is 3.43. The molecule has 144 valence electrons. The fraction of sp³-hybridized carbons (Fsp3) is 0.190. The molecule has 1 aromatic heterocycles. The first-order valence-corrected chi connectivity index (χ1v) is 8.88. The number of carboxylic acid groups (broad SMARTS) is 1. The van der Waals surface area contributed by atoms with Crippen LogP contribution in [0.5, 0.6) is 0 Å². The van der Waals surface area contributed by atoms with E-state index >= 15 is 0 Å². The number of carbonyl (C=O) groups is 2. The zero-order chi connectivity index (χ0) is 19.9. The highest BCUT2D eigenvalue weighted by atomic mass is 16.4. The van der Waals surface area contributed by atoms with Gasteiger partial charge in [-0.3, -0.25) is 9.89 Å². The molecule has 0 aliphatic rings. The maximum absolute atomic E-state index is 12.3. The van der Waals surface area contributed by atoms with Crippen LogP contribution < -0.4 is 5.32 Å². The first-order chi connectivity index (χ1) is 13.5. The van der Waals surface area contributed by atoms with E-state index in [4.69, 9.17) is 5.11 Å². The molecule has 1 heterocycles. The largest absolute Gasteiger partial charge is 0.479 e. The minimum absolute atomic E-state index is 0.0979. The Morgan fingerprint density at radius 3 is 2.32 bits per heavy atom. The van der Waals surface area contributed by atoms with Crippen molar-refractivity contribution >= 4 is 11.9 Å². The molecular weight excluding hydrogens is 358 g/mol. The quantitative estimate of drug-likeness (QED) is 0.479. The summed E-state index contributed by atoms with van der Waals surface area (Å²) in [6.07, 6.45) is 1.57. The Hall–Kier alpha value is -3.45. The minimum atomic E-state index is -1.56. The molecule has 2 atom stereocenters. The smallest absolute Gasteiger partial charge is 0.332 e. The van der Waals surface area contributed by atoms with Gasteiger partial charge < -0.3 is 15.5 Å². The molecular formula is C21H21N3O4. The average molecular weight is 379 g/mol. The number of carboxylic acids is 1. The fourth-order valence-corrected chi connectivity index (χ4v) is 2.96. The molecule has 3 rings (SSSR count). The van der Waals surface area contributed by atoms with Gasteiger partial charge >= 0.3 is 5.97 Å². The number of nitrogens with one attached hydrogen (secondary N) is 2. The highest BCUT2D eigenvalue weighted by Crippen LogP contribution is 2.20. The predicted octanol–water partition coefficient (Wildman–Crippen LogP) is 2.25. The lowest BCUT2D eigenvalue weighted by Crippen LogP contribution is -2.40. The third-order valence-electron chi connectivity index (χ3n) is 4.43. The number of aliphatic carboxylic acids is 1. The number of aliphatic hydroxyl groups excluding tert-OH is 1. The van der Waals surface area contributed by atoms with Crippen LogP contribution in [0, 0.1) is 0 Å². The van der Waals surface area contributed by atoms with Gasteiger partial charge in [-0.25, -0.2) is 4.79 Å². The zero-order valence-corrected chi connectivity index (χ0v) is 15.1. The molecule has 0 aliphatic heterocycles. The molecule has 0 radical (unpaired) electrons. The van der Waals surface area contributed by atoms with Crippen LogP contribution in [0.2, 0.25) is 0 Å². The number of amides is 1. The molecule has 0 fully saturated rings. The average Bonchev–Trinajstić information content (AvgIpc) is 3.24. The summed E-state index contributed by atoms with van der Waals surface area (Å²) >= 11 is 0. The number of hydrogen-bond acceptors (Lipinski definition) is 4. The van der Waals surface area contributed by atoms with E-state index < -0.39 is 18.1 Å². The first kappa shape index (κ1) is 19.3. The number of aliphatic hydroxyl groups is 1. The number of hydrogen-bond donors (Lipinski definition) is 4. The molecule has 0 aliphatic carbocycles. The maximum Gasteiger partial charge on any atom is 0.332 e. The molecule has 0 spiro atoms. The van der Waals surface area contributed by atoms with Crippen molar-refractivity contribution in [2.45, 2.75) is 25.0 Å². The van der Waals surface area contributed by atoms with Crippen molar-refractivity contribution in [3.8, 4) is 11.1 Å². The van der Waals surface area contributed by atoms with Crippen molar-refractivity contribution in [2.24, 2.45) is 0 Å². The molecule has 4 N–H and O–H groups in total. The van der Waals surface area contributed by atoms with Crippen LogP contribution in [-0.2, 0) is 11.2 Å². The molecule has 7 nitrogen and oxygen atoms in total. The molecule has 1 unspecified atom stereocenters. The molecule has 1 amide bonds. The van der Waals surface area contributed by atoms with Gasteiger partial charge in [0.05, 0.1) is 11.8 Å². The van der Waals surface area contributed by atoms with Gasteiger partial charge in [-0.1, -0.05) is 54.6 Å². The van der Waals surface area contributed by atoms with Gasteiger partial charge in [-0.15, -0.1) is 0 Å². The van der Waals surface area contributed by atoms with Crippen LogP contribution >= 0.6 is 0 Å². The number of benzene rings is 2. The van der Waals surface area contributed by atoms with Crippen molar-refractivity contribution in [3.63, 3.8) is 0 Å². The Bertz CT molecular complexity index is 909. The summed E-state index contributed by atoms with van der Waals surface area (Å²) in [6, 6.07) is 17.2. The van der Waals surface area contributed by atoms with Crippen molar-refractivity contribution in [1.82, 2.24) is 15.5 Å². The molecule has 2 aromatic carbocycles. The van der Waals surface area contributed by atoms with Gasteiger partial charge in [-0.05, 0) is 23.1 Å². The van der Waals surface area contributed by atoms with E-state index in [0.29, 0.717) is 12.0 Å². The lowest BCUT2D eigenvalue weighted by atomic mass is 9.97. The lowest BCUT2D eigenvalue weighted by molar-refractivity contribution is -0.147. The highest BCUT2D eigenvalue weighted by Gasteiger charge is 2.22. The molecule has 0 saturated carbocycles. The summed E-state index contributed by atoms with van der Waals surface area (Å²) in [4.78, 5) is 23.3. The van der Waals surface area contributed by atoms with Gasteiger partial charge in [0, 0.05) is 18.7 Å². The van der Waals surface area contributed by atoms with Crippen LogP contribution in [0.15, 0.2) is 67.0 Å². The molecule has 0 bridgehead atoms. The highest BCUT2D eigenvalue weighted by molar-refractivity contribution is 5.93. The first-order valence-electron chi connectivity index (χ1n) is 8.88. The number of carbonyl (C=O) groups excluding carboxylic acids is 1. The van der Waals surface area contributed by atoms with E-state index in [1.165, 1.54) is 12.4 Å². The monoisotopic (exact) mass is 379 g/mol. The third kappa shape index (κ3) is 5.05.